The summed E-state index contributed by atoms with van der Waals surface area (Å²) in [5, 5.41) is 3.55. The van der Waals surface area contributed by atoms with Gasteiger partial charge < -0.3 is 4.90 Å². The maximum atomic E-state index is 12.8. The fraction of sp³-hybridized carbons (Fsp3) is 0.444. The first kappa shape index (κ1) is 17.5. The van der Waals surface area contributed by atoms with Crippen LogP contribution in [0.5, 0.6) is 0 Å². The number of aromatic nitrogens is 2. The standard InChI is InChI=1S/C18H20F3N3O/c1-12-5-7-14(8-6-12)15-4-3-9-23(15)17(25)11-24-13(2)10-16(22-24)18(19,20)21/h5-8,10,15H,3-4,9,11H2,1-2H3/t15-/m0/s1. The van der Waals surface area contributed by atoms with Crippen LogP contribution in [0.4, 0.5) is 13.2 Å². The van der Waals surface area contributed by atoms with Gasteiger partial charge in [0.2, 0.25) is 5.91 Å². The molecule has 1 aliphatic heterocycles. The Kier molecular flexibility index (Phi) is 4.58. The Labute approximate surface area is 144 Å². The molecule has 0 radical (unpaired) electrons. The van der Waals surface area contributed by atoms with Gasteiger partial charge in [-0.3, -0.25) is 9.48 Å². The first-order chi connectivity index (χ1) is 11.8. The smallest absolute Gasteiger partial charge is 0.334 e. The third kappa shape index (κ3) is 3.70. The summed E-state index contributed by atoms with van der Waals surface area (Å²) in [5.41, 5.74) is 1.57. The summed E-state index contributed by atoms with van der Waals surface area (Å²) in [5.74, 6) is -0.206. The molecule has 7 heteroatoms. The first-order valence-electron chi connectivity index (χ1n) is 8.23. The van der Waals surface area contributed by atoms with Crippen molar-refractivity contribution >= 4 is 5.91 Å². The van der Waals surface area contributed by atoms with Crippen molar-refractivity contribution in [2.24, 2.45) is 0 Å². The molecule has 1 amide bonds. The van der Waals surface area contributed by atoms with Gasteiger partial charge in [-0.05, 0) is 38.3 Å². The molecule has 0 bridgehead atoms. The molecule has 1 aromatic carbocycles. The van der Waals surface area contributed by atoms with Crippen LogP contribution in [0.2, 0.25) is 0 Å². The van der Waals surface area contributed by atoms with Crippen LogP contribution >= 0.6 is 0 Å². The number of alkyl halides is 3. The molecule has 1 aromatic heterocycles. The van der Waals surface area contributed by atoms with E-state index in [4.69, 9.17) is 0 Å². The van der Waals surface area contributed by atoms with Crippen molar-refractivity contribution in [2.75, 3.05) is 6.54 Å². The Morgan fingerprint density at radius 2 is 1.92 bits per heavy atom. The zero-order valence-electron chi connectivity index (χ0n) is 14.2. The highest BCUT2D eigenvalue weighted by atomic mass is 19.4. The molecule has 2 aromatic rings. The quantitative estimate of drug-likeness (QED) is 0.842. The Balaban J connectivity index is 1.76. The van der Waals surface area contributed by atoms with Crippen molar-refractivity contribution in [3.63, 3.8) is 0 Å². The van der Waals surface area contributed by atoms with Gasteiger partial charge in [0.1, 0.15) is 6.54 Å². The van der Waals surface area contributed by atoms with E-state index in [1.807, 2.05) is 31.2 Å². The SMILES string of the molecule is Cc1ccc([C@@H]2CCCN2C(=O)Cn2nc(C(F)(F)F)cc2C)cc1. The zero-order valence-corrected chi connectivity index (χ0v) is 14.2. The fourth-order valence-electron chi connectivity index (χ4n) is 3.23. The summed E-state index contributed by atoms with van der Waals surface area (Å²) in [6.07, 6.45) is -2.76. The second-order valence-electron chi connectivity index (χ2n) is 6.48. The van der Waals surface area contributed by atoms with Crippen LogP contribution in [0.25, 0.3) is 0 Å². The van der Waals surface area contributed by atoms with Crippen LogP contribution in [0.15, 0.2) is 30.3 Å². The summed E-state index contributed by atoms with van der Waals surface area (Å²) in [6.45, 7) is 3.96. The molecule has 1 fully saturated rings. The first-order valence-corrected chi connectivity index (χ1v) is 8.23. The average Bonchev–Trinajstić information content (AvgIpc) is 3.15. The van der Waals surface area contributed by atoms with Crippen LogP contribution in [0.1, 0.15) is 41.4 Å². The van der Waals surface area contributed by atoms with E-state index in [2.05, 4.69) is 5.10 Å². The number of rotatable bonds is 3. The average molecular weight is 351 g/mol. The molecule has 0 spiro atoms. The molecule has 0 saturated carbocycles. The minimum atomic E-state index is -4.50. The second-order valence-corrected chi connectivity index (χ2v) is 6.48. The number of halogens is 3. The van der Waals surface area contributed by atoms with Crippen molar-refractivity contribution < 1.29 is 18.0 Å². The van der Waals surface area contributed by atoms with E-state index in [1.165, 1.54) is 6.92 Å². The topological polar surface area (TPSA) is 38.1 Å². The predicted octanol–water partition coefficient (Wildman–Crippen LogP) is 3.88. The third-order valence-electron chi connectivity index (χ3n) is 4.59. The van der Waals surface area contributed by atoms with Crippen molar-refractivity contribution in [3.8, 4) is 0 Å². The van der Waals surface area contributed by atoms with Gasteiger partial charge in [-0.1, -0.05) is 29.8 Å². The molecule has 134 valence electrons. The summed E-state index contributed by atoms with van der Waals surface area (Å²) < 4.78 is 39.4. The number of aryl methyl sites for hydroxylation is 2. The van der Waals surface area contributed by atoms with E-state index in [1.54, 1.807) is 4.90 Å². The van der Waals surface area contributed by atoms with Crippen LogP contribution < -0.4 is 0 Å². The van der Waals surface area contributed by atoms with Gasteiger partial charge in [0.05, 0.1) is 6.04 Å². The van der Waals surface area contributed by atoms with Gasteiger partial charge in [-0.2, -0.15) is 18.3 Å². The van der Waals surface area contributed by atoms with Gasteiger partial charge in [0.15, 0.2) is 5.69 Å². The molecule has 1 saturated heterocycles. The van der Waals surface area contributed by atoms with Crippen LogP contribution in [0.3, 0.4) is 0 Å². The monoisotopic (exact) mass is 351 g/mol. The number of carbonyl (C=O) groups is 1. The molecule has 0 unspecified atom stereocenters. The van der Waals surface area contributed by atoms with E-state index in [0.29, 0.717) is 12.2 Å². The van der Waals surface area contributed by atoms with Crippen LogP contribution in [-0.4, -0.2) is 27.1 Å². The number of amides is 1. The summed E-state index contributed by atoms with van der Waals surface area (Å²) >= 11 is 0. The van der Waals surface area contributed by atoms with E-state index in [0.717, 1.165) is 34.7 Å². The van der Waals surface area contributed by atoms with Gasteiger partial charge in [0, 0.05) is 12.2 Å². The maximum Gasteiger partial charge on any atom is 0.435 e. The number of benzene rings is 1. The highest BCUT2D eigenvalue weighted by Crippen LogP contribution is 2.33. The Hall–Kier alpha value is -2.31. The highest BCUT2D eigenvalue weighted by Gasteiger charge is 2.35. The lowest BCUT2D eigenvalue weighted by molar-refractivity contribution is -0.142. The van der Waals surface area contributed by atoms with Crippen molar-refractivity contribution in [1.29, 1.82) is 0 Å². The van der Waals surface area contributed by atoms with E-state index in [9.17, 15) is 18.0 Å². The zero-order chi connectivity index (χ0) is 18.2. The van der Waals surface area contributed by atoms with Crippen molar-refractivity contribution in [3.05, 3.63) is 52.8 Å². The molecule has 1 atom stereocenters. The lowest BCUT2D eigenvalue weighted by Gasteiger charge is -2.25. The molecular formula is C18H20F3N3O. The second kappa shape index (κ2) is 6.54. The molecule has 1 aliphatic rings. The number of likely N-dealkylation sites (tertiary alicyclic amines) is 1. The Bertz CT molecular complexity index is 765. The number of hydrogen-bond acceptors (Lipinski definition) is 2. The third-order valence-corrected chi connectivity index (χ3v) is 4.59. The molecule has 4 nitrogen and oxygen atoms in total. The van der Waals surface area contributed by atoms with Crippen molar-refractivity contribution in [2.45, 2.75) is 45.5 Å². The predicted molar refractivity (Wildman–Crippen MR) is 86.8 cm³/mol. The number of nitrogens with zero attached hydrogens (tertiary/aromatic N) is 3. The van der Waals surface area contributed by atoms with Gasteiger partial charge in [-0.15, -0.1) is 0 Å². The van der Waals surface area contributed by atoms with E-state index >= 15 is 0 Å². The van der Waals surface area contributed by atoms with Crippen LogP contribution in [0, 0.1) is 13.8 Å². The Morgan fingerprint density at radius 3 is 2.52 bits per heavy atom. The fourth-order valence-corrected chi connectivity index (χ4v) is 3.23. The molecule has 0 N–H and O–H groups in total. The highest BCUT2D eigenvalue weighted by molar-refractivity contribution is 5.77. The van der Waals surface area contributed by atoms with Gasteiger partial charge in [-0.25, -0.2) is 0 Å². The lowest BCUT2D eigenvalue weighted by Crippen LogP contribution is -2.34. The normalized spacial score (nSPS) is 18.0. The molecule has 2 heterocycles. The largest absolute Gasteiger partial charge is 0.435 e. The maximum absolute atomic E-state index is 12.8. The molecule has 25 heavy (non-hydrogen) atoms. The number of carbonyl (C=O) groups excluding carboxylic acids is 1. The van der Waals surface area contributed by atoms with Gasteiger partial charge >= 0.3 is 6.18 Å². The van der Waals surface area contributed by atoms with Gasteiger partial charge in [0.25, 0.3) is 0 Å². The molecule has 3 rings (SSSR count). The summed E-state index contributed by atoms with van der Waals surface area (Å²) in [4.78, 5) is 14.4. The van der Waals surface area contributed by atoms with E-state index in [-0.39, 0.29) is 18.5 Å². The Morgan fingerprint density at radius 1 is 1.24 bits per heavy atom. The minimum absolute atomic E-state index is 0.0222. The minimum Gasteiger partial charge on any atom is -0.334 e. The molecular weight excluding hydrogens is 331 g/mol. The lowest BCUT2D eigenvalue weighted by atomic mass is 10.0. The summed E-state index contributed by atoms with van der Waals surface area (Å²) in [6, 6.07) is 8.96. The van der Waals surface area contributed by atoms with E-state index < -0.39 is 11.9 Å². The number of hydrogen-bond donors (Lipinski definition) is 0. The summed E-state index contributed by atoms with van der Waals surface area (Å²) in [7, 11) is 0. The van der Waals surface area contributed by atoms with Crippen molar-refractivity contribution in [1.82, 2.24) is 14.7 Å². The molecule has 0 aliphatic carbocycles. The van der Waals surface area contributed by atoms with Crippen LogP contribution in [-0.2, 0) is 17.5 Å².